The van der Waals surface area contributed by atoms with Crippen molar-refractivity contribution in [3.05, 3.63) is 24.3 Å². The van der Waals surface area contributed by atoms with E-state index in [1.54, 1.807) is 0 Å². The van der Waals surface area contributed by atoms with E-state index >= 15 is 0 Å². The van der Waals surface area contributed by atoms with Crippen LogP contribution in [-0.2, 0) is 0 Å². The van der Waals surface area contributed by atoms with Gasteiger partial charge in [0, 0.05) is 23.9 Å². The fourth-order valence-corrected chi connectivity index (χ4v) is 2.72. The van der Waals surface area contributed by atoms with Crippen molar-refractivity contribution >= 4 is 0 Å². The molecule has 0 bridgehead atoms. The molecule has 2 atom stereocenters. The van der Waals surface area contributed by atoms with Gasteiger partial charge >= 0.3 is 0 Å². The van der Waals surface area contributed by atoms with Gasteiger partial charge in [-0.05, 0) is 32.0 Å². The summed E-state index contributed by atoms with van der Waals surface area (Å²) in [6.07, 6.45) is 2.52. The second kappa shape index (κ2) is 6.49. The van der Waals surface area contributed by atoms with E-state index in [-0.39, 0.29) is 11.5 Å². The molecule has 112 valence electrons. The Morgan fingerprint density at radius 1 is 1.25 bits per heavy atom. The highest BCUT2D eigenvalue weighted by Gasteiger charge is 2.49. The van der Waals surface area contributed by atoms with E-state index < -0.39 is 0 Å². The average molecular weight is 277 g/mol. The molecular weight excluding hydrogens is 250 g/mol. The van der Waals surface area contributed by atoms with Crippen LogP contribution in [0, 0.1) is 5.41 Å². The zero-order valence-corrected chi connectivity index (χ0v) is 13.1. The molecule has 0 heterocycles. The Balaban J connectivity index is 1.93. The first kappa shape index (κ1) is 15.2. The highest BCUT2D eigenvalue weighted by Crippen LogP contribution is 2.43. The largest absolute Gasteiger partial charge is 0.494 e. The third-order valence-corrected chi connectivity index (χ3v) is 4.21. The summed E-state index contributed by atoms with van der Waals surface area (Å²) in [5, 5.41) is 3.60. The lowest BCUT2D eigenvalue weighted by molar-refractivity contribution is -0.0546. The number of rotatable bonds is 7. The first-order valence-electron chi connectivity index (χ1n) is 7.70. The molecule has 0 saturated heterocycles. The molecule has 2 unspecified atom stereocenters. The molecule has 0 radical (unpaired) electrons. The molecule has 3 nitrogen and oxygen atoms in total. The summed E-state index contributed by atoms with van der Waals surface area (Å²) in [6, 6.07) is 8.49. The quantitative estimate of drug-likeness (QED) is 0.825. The normalized spacial score (nSPS) is 24.0. The van der Waals surface area contributed by atoms with E-state index in [4.69, 9.17) is 9.47 Å². The van der Waals surface area contributed by atoms with Crippen LogP contribution in [0.2, 0.25) is 0 Å². The lowest BCUT2D eigenvalue weighted by Gasteiger charge is -2.51. The smallest absolute Gasteiger partial charge is 0.123 e. The molecule has 1 aromatic carbocycles. The SMILES string of the molecule is CCCNC1CC(Oc2cccc(OCC)c2)C1(C)C. The standard InChI is InChI=1S/C17H27NO2/c1-5-10-18-15-12-16(17(15,3)4)20-14-9-7-8-13(11-14)19-6-2/h7-9,11,15-16,18H,5-6,10,12H2,1-4H3. The fraction of sp³-hybridized carbons (Fsp3) is 0.647. The third-order valence-electron chi connectivity index (χ3n) is 4.21. The van der Waals surface area contributed by atoms with Gasteiger partial charge < -0.3 is 14.8 Å². The summed E-state index contributed by atoms with van der Waals surface area (Å²) in [4.78, 5) is 0. The maximum atomic E-state index is 6.14. The summed E-state index contributed by atoms with van der Waals surface area (Å²) in [5.74, 6) is 1.78. The monoisotopic (exact) mass is 277 g/mol. The van der Waals surface area contributed by atoms with Crippen molar-refractivity contribution in [3.63, 3.8) is 0 Å². The van der Waals surface area contributed by atoms with Gasteiger partial charge in [-0.1, -0.05) is 26.8 Å². The van der Waals surface area contributed by atoms with Gasteiger partial charge in [0.2, 0.25) is 0 Å². The predicted octanol–water partition coefficient (Wildman–Crippen LogP) is 3.63. The van der Waals surface area contributed by atoms with E-state index in [0.717, 1.165) is 24.5 Å². The minimum absolute atomic E-state index is 0.177. The zero-order valence-electron chi connectivity index (χ0n) is 13.1. The van der Waals surface area contributed by atoms with Crippen molar-refractivity contribution in [1.29, 1.82) is 0 Å². The highest BCUT2D eigenvalue weighted by molar-refractivity contribution is 5.33. The van der Waals surface area contributed by atoms with Crippen LogP contribution >= 0.6 is 0 Å². The fourth-order valence-electron chi connectivity index (χ4n) is 2.72. The first-order valence-corrected chi connectivity index (χ1v) is 7.70. The maximum Gasteiger partial charge on any atom is 0.123 e. The molecule has 3 heteroatoms. The number of nitrogens with one attached hydrogen (secondary N) is 1. The van der Waals surface area contributed by atoms with E-state index in [0.29, 0.717) is 12.6 Å². The van der Waals surface area contributed by atoms with Crippen molar-refractivity contribution in [1.82, 2.24) is 5.32 Å². The van der Waals surface area contributed by atoms with Crippen molar-refractivity contribution in [2.45, 2.75) is 52.7 Å². The van der Waals surface area contributed by atoms with Crippen molar-refractivity contribution in [3.8, 4) is 11.5 Å². The second-order valence-electron chi connectivity index (χ2n) is 6.08. The van der Waals surface area contributed by atoms with Crippen LogP contribution in [0.4, 0.5) is 0 Å². The third kappa shape index (κ3) is 3.26. The van der Waals surface area contributed by atoms with Crippen molar-refractivity contribution in [2.24, 2.45) is 5.41 Å². The Morgan fingerprint density at radius 3 is 2.65 bits per heavy atom. The molecule has 0 spiro atoms. The lowest BCUT2D eigenvalue weighted by atomic mass is 9.64. The summed E-state index contributed by atoms with van der Waals surface area (Å²) >= 11 is 0. The van der Waals surface area contributed by atoms with Crippen LogP contribution in [-0.4, -0.2) is 25.3 Å². The van der Waals surface area contributed by atoms with E-state index in [9.17, 15) is 0 Å². The van der Waals surface area contributed by atoms with Crippen LogP contribution < -0.4 is 14.8 Å². The lowest BCUT2D eigenvalue weighted by Crippen LogP contribution is -2.62. The topological polar surface area (TPSA) is 30.5 Å². The van der Waals surface area contributed by atoms with Gasteiger partial charge in [0.25, 0.3) is 0 Å². The summed E-state index contributed by atoms with van der Waals surface area (Å²) in [6.45, 7) is 10.5. The molecule has 20 heavy (non-hydrogen) atoms. The van der Waals surface area contributed by atoms with Gasteiger partial charge in [0.05, 0.1) is 6.61 Å². The zero-order chi connectivity index (χ0) is 14.6. The molecule has 1 aliphatic carbocycles. The summed E-state index contributed by atoms with van der Waals surface area (Å²) in [7, 11) is 0. The average Bonchev–Trinajstić information content (AvgIpc) is 2.43. The van der Waals surface area contributed by atoms with Gasteiger partial charge in [-0.2, -0.15) is 0 Å². The van der Waals surface area contributed by atoms with E-state index in [1.165, 1.54) is 6.42 Å². The van der Waals surface area contributed by atoms with Gasteiger partial charge in [-0.25, -0.2) is 0 Å². The van der Waals surface area contributed by atoms with Crippen molar-refractivity contribution < 1.29 is 9.47 Å². The Hall–Kier alpha value is -1.22. The van der Waals surface area contributed by atoms with Crippen LogP contribution in [0.15, 0.2) is 24.3 Å². The first-order chi connectivity index (χ1) is 9.57. The van der Waals surface area contributed by atoms with Gasteiger partial charge in [-0.15, -0.1) is 0 Å². The van der Waals surface area contributed by atoms with Gasteiger partial charge in [0.1, 0.15) is 17.6 Å². The molecule has 0 amide bonds. The highest BCUT2D eigenvalue weighted by atomic mass is 16.5. The molecule has 1 aliphatic rings. The minimum atomic E-state index is 0.177. The number of hydrogen-bond donors (Lipinski definition) is 1. The molecule has 1 aromatic rings. The number of hydrogen-bond acceptors (Lipinski definition) is 3. The second-order valence-corrected chi connectivity index (χ2v) is 6.08. The summed E-state index contributed by atoms with van der Waals surface area (Å²) < 4.78 is 11.7. The molecule has 0 aliphatic heterocycles. The summed E-state index contributed by atoms with van der Waals surface area (Å²) in [5.41, 5.74) is 0.177. The Labute approximate surface area is 122 Å². The van der Waals surface area contributed by atoms with Gasteiger partial charge in [-0.3, -0.25) is 0 Å². The number of benzene rings is 1. The van der Waals surface area contributed by atoms with Gasteiger partial charge in [0.15, 0.2) is 0 Å². The molecule has 1 saturated carbocycles. The molecule has 1 N–H and O–H groups in total. The van der Waals surface area contributed by atoms with E-state index in [1.807, 2.05) is 31.2 Å². The van der Waals surface area contributed by atoms with Crippen LogP contribution in [0.1, 0.15) is 40.5 Å². The number of ether oxygens (including phenoxy) is 2. The van der Waals surface area contributed by atoms with Crippen LogP contribution in [0.5, 0.6) is 11.5 Å². The molecular formula is C17H27NO2. The molecule has 1 fully saturated rings. The maximum absolute atomic E-state index is 6.14. The van der Waals surface area contributed by atoms with Crippen LogP contribution in [0.3, 0.4) is 0 Å². The Kier molecular flexibility index (Phi) is 4.92. The minimum Gasteiger partial charge on any atom is -0.494 e. The Morgan fingerprint density at radius 2 is 2.00 bits per heavy atom. The van der Waals surface area contributed by atoms with Crippen molar-refractivity contribution in [2.75, 3.05) is 13.2 Å². The van der Waals surface area contributed by atoms with E-state index in [2.05, 4.69) is 26.1 Å². The predicted molar refractivity (Wildman–Crippen MR) is 82.5 cm³/mol. The molecule has 0 aromatic heterocycles. The molecule has 2 rings (SSSR count). The van der Waals surface area contributed by atoms with Crippen LogP contribution in [0.25, 0.3) is 0 Å². The Bertz CT molecular complexity index is 431.